The van der Waals surface area contributed by atoms with Gasteiger partial charge in [0.05, 0.1) is 22.8 Å². The zero-order chi connectivity index (χ0) is 26.1. The minimum Gasteiger partial charge on any atom is -0.349 e. The summed E-state index contributed by atoms with van der Waals surface area (Å²) in [5.74, 6) is -1.10. The van der Waals surface area contributed by atoms with Crippen molar-refractivity contribution in [1.82, 2.24) is 24.6 Å². The predicted octanol–water partition coefficient (Wildman–Crippen LogP) is 3.55. The summed E-state index contributed by atoms with van der Waals surface area (Å²) < 4.78 is 78.9. The van der Waals surface area contributed by atoms with Crippen molar-refractivity contribution in [2.75, 3.05) is 0 Å². The fraction of sp³-hybridized carbons (Fsp3) is 0.304. The number of hydrogen-bond donors (Lipinski definition) is 1. The molecule has 1 aromatic carbocycles. The summed E-state index contributed by atoms with van der Waals surface area (Å²) in [5.41, 5.74) is -0.0180. The van der Waals surface area contributed by atoms with E-state index in [0.29, 0.717) is 29.8 Å². The van der Waals surface area contributed by atoms with Gasteiger partial charge in [-0.15, -0.1) is 0 Å². The maximum Gasteiger partial charge on any atom is 0.433 e. The van der Waals surface area contributed by atoms with Crippen LogP contribution in [0.25, 0.3) is 11.3 Å². The van der Waals surface area contributed by atoms with Gasteiger partial charge in [-0.05, 0) is 62.2 Å². The molecule has 8 nitrogen and oxygen atoms in total. The van der Waals surface area contributed by atoms with E-state index >= 15 is 0 Å². The number of amides is 1. The first-order valence-electron chi connectivity index (χ1n) is 10.9. The molecule has 0 spiro atoms. The lowest BCUT2D eigenvalue weighted by Gasteiger charge is -2.27. The molecule has 190 valence electrons. The van der Waals surface area contributed by atoms with Crippen LogP contribution in [0.2, 0.25) is 0 Å². The number of nitrogens with zero attached hydrogens (tertiary/aromatic N) is 4. The summed E-state index contributed by atoms with van der Waals surface area (Å²) in [5, 5.41) is 2.67. The molecular formula is C23H21F4N5O3S. The van der Waals surface area contributed by atoms with Crippen molar-refractivity contribution in [2.24, 2.45) is 0 Å². The molecule has 2 atom stereocenters. The molecule has 1 aliphatic rings. The number of sulfonamides is 1. The van der Waals surface area contributed by atoms with E-state index in [1.807, 2.05) is 0 Å². The Hall–Kier alpha value is -3.45. The SMILES string of the molecule is CC1CCC(C(=O)NCc2cc(-c3ccc(C(F)(F)F)nc3)ncn2)N1S(=O)(=O)c1ccc(F)cc1. The Balaban J connectivity index is 1.47. The lowest BCUT2D eigenvalue weighted by molar-refractivity contribution is -0.141. The van der Waals surface area contributed by atoms with E-state index in [-0.39, 0.29) is 11.4 Å². The topological polar surface area (TPSA) is 105 Å². The van der Waals surface area contributed by atoms with E-state index in [9.17, 15) is 30.8 Å². The second-order valence-corrected chi connectivity index (χ2v) is 10.1. The standard InChI is InChI=1S/C23H21F4N5O3S/c1-14-2-8-20(32(14)36(34,35)18-6-4-16(24)5-7-18)22(33)29-12-17-10-19(31-13-30-17)15-3-9-21(28-11-15)23(25,26)27/h3-7,9-11,13-14,20H,2,8,12H2,1H3,(H,29,33). The summed E-state index contributed by atoms with van der Waals surface area (Å²) in [7, 11) is -4.05. The van der Waals surface area contributed by atoms with Crippen molar-refractivity contribution in [3.05, 3.63) is 72.2 Å². The van der Waals surface area contributed by atoms with Crippen LogP contribution < -0.4 is 5.32 Å². The van der Waals surface area contributed by atoms with Crippen LogP contribution in [0.5, 0.6) is 0 Å². The van der Waals surface area contributed by atoms with E-state index in [4.69, 9.17) is 0 Å². The first-order valence-corrected chi connectivity index (χ1v) is 12.3. The van der Waals surface area contributed by atoms with Crippen LogP contribution in [-0.4, -0.2) is 45.7 Å². The molecule has 2 unspecified atom stereocenters. The summed E-state index contributed by atoms with van der Waals surface area (Å²) in [6.07, 6.45) is -1.53. The number of pyridine rings is 1. The number of carbonyl (C=O) groups is 1. The van der Waals surface area contributed by atoms with Crippen LogP contribution in [0.1, 0.15) is 31.2 Å². The largest absolute Gasteiger partial charge is 0.433 e. The number of aromatic nitrogens is 3. The molecule has 0 aliphatic carbocycles. The van der Waals surface area contributed by atoms with Crippen molar-refractivity contribution >= 4 is 15.9 Å². The van der Waals surface area contributed by atoms with Gasteiger partial charge in [0.25, 0.3) is 0 Å². The molecule has 0 radical (unpaired) electrons. The smallest absolute Gasteiger partial charge is 0.349 e. The van der Waals surface area contributed by atoms with Crippen molar-refractivity contribution in [3.63, 3.8) is 0 Å². The molecule has 3 heterocycles. The van der Waals surface area contributed by atoms with Crippen LogP contribution in [0.4, 0.5) is 17.6 Å². The molecule has 1 fully saturated rings. The van der Waals surface area contributed by atoms with Crippen LogP contribution in [0, 0.1) is 5.82 Å². The Labute approximate surface area is 204 Å². The van der Waals surface area contributed by atoms with Gasteiger partial charge in [0.2, 0.25) is 15.9 Å². The monoisotopic (exact) mass is 523 g/mol. The second-order valence-electron chi connectivity index (χ2n) is 8.27. The fourth-order valence-electron chi connectivity index (χ4n) is 4.00. The van der Waals surface area contributed by atoms with Crippen LogP contribution >= 0.6 is 0 Å². The number of alkyl halides is 3. The zero-order valence-electron chi connectivity index (χ0n) is 18.9. The highest BCUT2D eigenvalue weighted by Crippen LogP contribution is 2.31. The summed E-state index contributed by atoms with van der Waals surface area (Å²) in [6, 6.07) is 6.57. The van der Waals surface area contributed by atoms with Crippen molar-refractivity contribution in [1.29, 1.82) is 0 Å². The maximum atomic E-state index is 13.3. The van der Waals surface area contributed by atoms with Gasteiger partial charge < -0.3 is 5.32 Å². The number of carbonyl (C=O) groups excluding carboxylic acids is 1. The molecule has 1 amide bonds. The van der Waals surface area contributed by atoms with Crippen molar-refractivity contribution in [3.8, 4) is 11.3 Å². The highest BCUT2D eigenvalue weighted by Gasteiger charge is 2.43. The fourth-order valence-corrected chi connectivity index (χ4v) is 5.84. The Morgan fingerprint density at radius 3 is 2.44 bits per heavy atom. The molecule has 1 saturated heterocycles. The lowest BCUT2D eigenvalue weighted by Crippen LogP contribution is -2.48. The summed E-state index contributed by atoms with van der Waals surface area (Å²) in [6.45, 7) is 1.64. The number of rotatable bonds is 6. The molecule has 2 aromatic heterocycles. The average Bonchev–Trinajstić information content (AvgIpc) is 3.25. The Morgan fingerprint density at radius 1 is 1.08 bits per heavy atom. The third-order valence-corrected chi connectivity index (χ3v) is 7.85. The quantitative estimate of drug-likeness (QED) is 0.496. The molecule has 0 saturated carbocycles. The van der Waals surface area contributed by atoms with Gasteiger partial charge in [-0.3, -0.25) is 9.78 Å². The minimum absolute atomic E-state index is 0.0578. The van der Waals surface area contributed by atoms with E-state index in [0.717, 1.165) is 40.8 Å². The van der Waals surface area contributed by atoms with E-state index in [2.05, 4.69) is 20.3 Å². The van der Waals surface area contributed by atoms with Gasteiger partial charge in [0.15, 0.2) is 0 Å². The molecule has 1 aliphatic heterocycles. The van der Waals surface area contributed by atoms with Crippen LogP contribution in [0.15, 0.2) is 59.9 Å². The number of hydrogen-bond acceptors (Lipinski definition) is 6. The van der Waals surface area contributed by atoms with Crippen molar-refractivity contribution < 1.29 is 30.8 Å². The average molecular weight is 524 g/mol. The van der Waals surface area contributed by atoms with Gasteiger partial charge in [-0.2, -0.15) is 17.5 Å². The minimum atomic E-state index is -4.56. The maximum absolute atomic E-state index is 13.3. The predicted molar refractivity (Wildman–Crippen MR) is 120 cm³/mol. The summed E-state index contributed by atoms with van der Waals surface area (Å²) >= 11 is 0. The van der Waals surface area contributed by atoms with E-state index in [1.165, 1.54) is 18.5 Å². The van der Waals surface area contributed by atoms with Crippen LogP contribution in [0.3, 0.4) is 0 Å². The van der Waals surface area contributed by atoms with Gasteiger partial charge >= 0.3 is 6.18 Å². The van der Waals surface area contributed by atoms with Gasteiger partial charge in [-0.1, -0.05) is 0 Å². The first kappa shape index (κ1) is 25.6. The zero-order valence-corrected chi connectivity index (χ0v) is 19.7. The molecule has 1 N–H and O–H groups in total. The Bertz CT molecular complexity index is 1350. The highest BCUT2D eigenvalue weighted by molar-refractivity contribution is 7.89. The van der Waals surface area contributed by atoms with Crippen molar-refractivity contribution in [2.45, 2.75) is 49.5 Å². The number of halogens is 4. The molecule has 36 heavy (non-hydrogen) atoms. The highest BCUT2D eigenvalue weighted by atomic mass is 32.2. The molecule has 0 bridgehead atoms. The normalized spacial score (nSPS) is 18.8. The van der Waals surface area contributed by atoms with Gasteiger partial charge in [0, 0.05) is 17.8 Å². The Kier molecular flexibility index (Phi) is 7.05. The third kappa shape index (κ3) is 5.36. The first-order chi connectivity index (χ1) is 17.0. The molecule has 13 heteroatoms. The van der Waals surface area contributed by atoms with E-state index < -0.39 is 45.7 Å². The van der Waals surface area contributed by atoms with Gasteiger partial charge in [0.1, 0.15) is 23.9 Å². The second kappa shape index (κ2) is 9.90. The molecular weight excluding hydrogens is 502 g/mol. The number of nitrogens with one attached hydrogen (secondary N) is 1. The third-order valence-electron chi connectivity index (χ3n) is 5.81. The molecule has 4 rings (SSSR count). The van der Waals surface area contributed by atoms with Gasteiger partial charge in [-0.25, -0.2) is 22.8 Å². The van der Waals surface area contributed by atoms with E-state index in [1.54, 1.807) is 6.92 Å². The number of benzene rings is 1. The lowest BCUT2D eigenvalue weighted by atomic mass is 10.1. The molecule has 3 aromatic rings. The Morgan fingerprint density at radius 2 is 1.81 bits per heavy atom. The van der Waals surface area contributed by atoms with Crippen LogP contribution in [-0.2, 0) is 27.5 Å². The summed E-state index contributed by atoms with van der Waals surface area (Å²) in [4.78, 5) is 24.4.